The molecule has 146 valence electrons. The van der Waals surface area contributed by atoms with Crippen molar-refractivity contribution in [3.8, 4) is 0 Å². The normalized spacial score (nSPS) is 16.1. The molecule has 1 saturated heterocycles. The number of hydrogen-bond donors (Lipinski definition) is 2. The number of piperazine rings is 1. The third-order valence-electron chi connectivity index (χ3n) is 4.61. The van der Waals surface area contributed by atoms with Gasteiger partial charge in [-0.1, -0.05) is 13.8 Å². The molecule has 0 unspecified atom stereocenters. The summed E-state index contributed by atoms with van der Waals surface area (Å²) in [7, 11) is -1.53. The number of rotatable bonds is 7. The molecule has 0 bridgehead atoms. The number of hydrogen-bond acceptors (Lipinski definition) is 6. The third-order valence-corrected chi connectivity index (χ3v) is 6.66. The first-order valence-electron chi connectivity index (χ1n) is 8.91. The lowest BCUT2D eigenvalue weighted by Gasteiger charge is -2.35. The van der Waals surface area contributed by atoms with E-state index in [1.807, 2.05) is 0 Å². The van der Waals surface area contributed by atoms with Gasteiger partial charge < -0.3 is 20.9 Å². The molecule has 0 saturated carbocycles. The molecule has 26 heavy (non-hydrogen) atoms. The predicted octanol–water partition coefficient (Wildman–Crippen LogP) is 0.366. The van der Waals surface area contributed by atoms with Gasteiger partial charge >= 0.3 is 0 Å². The van der Waals surface area contributed by atoms with Crippen LogP contribution in [0.3, 0.4) is 0 Å². The van der Waals surface area contributed by atoms with Gasteiger partial charge in [0.15, 0.2) is 0 Å². The van der Waals surface area contributed by atoms with Gasteiger partial charge in [-0.3, -0.25) is 4.79 Å². The van der Waals surface area contributed by atoms with Gasteiger partial charge in [0, 0.05) is 39.3 Å². The summed E-state index contributed by atoms with van der Waals surface area (Å²) in [4.78, 5) is 16.4. The highest BCUT2D eigenvalue weighted by molar-refractivity contribution is 7.89. The molecule has 1 aromatic carbocycles. The fourth-order valence-corrected chi connectivity index (χ4v) is 4.50. The van der Waals surface area contributed by atoms with Crippen molar-refractivity contribution in [1.82, 2.24) is 9.21 Å². The second-order valence-corrected chi connectivity index (χ2v) is 8.25. The largest absolute Gasteiger partial charge is 0.367 e. The van der Waals surface area contributed by atoms with E-state index in [9.17, 15) is 13.2 Å². The molecule has 1 amide bonds. The number of carbonyl (C=O) groups excluding carboxylic acids is 1. The summed E-state index contributed by atoms with van der Waals surface area (Å²) < 4.78 is 27.0. The van der Waals surface area contributed by atoms with Gasteiger partial charge in [0.2, 0.25) is 15.9 Å². The maximum Gasteiger partial charge on any atom is 0.243 e. The number of likely N-dealkylation sites (N-methyl/N-ethyl adjacent to an activating group) is 1. The minimum atomic E-state index is -3.60. The molecule has 0 spiro atoms. The van der Waals surface area contributed by atoms with Gasteiger partial charge in [0.25, 0.3) is 0 Å². The minimum absolute atomic E-state index is 0.158. The highest BCUT2D eigenvalue weighted by Gasteiger charge is 2.25. The van der Waals surface area contributed by atoms with Gasteiger partial charge in [-0.2, -0.15) is 4.31 Å². The van der Waals surface area contributed by atoms with E-state index in [1.165, 1.54) is 10.4 Å². The van der Waals surface area contributed by atoms with Crippen LogP contribution in [0.15, 0.2) is 23.1 Å². The van der Waals surface area contributed by atoms with E-state index >= 15 is 0 Å². The van der Waals surface area contributed by atoms with Gasteiger partial charge in [0.1, 0.15) is 0 Å². The molecule has 9 heteroatoms. The number of nitrogens with two attached hydrogens (primary N) is 1. The van der Waals surface area contributed by atoms with Crippen LogP contribution in [0.1, 0.15) is 13.8 Å². The minimum Gasteiger partial charge on any atom is -0.367 e. The van der Waals surface area contributed by atoms with Gasteiger partial charge in [-0.05, 0) is 25.2 Å². The molecule has 0 aromatic heterocycles. The lowest BCUT2D eigenvalue weighted by molar-refractivity contribution is -0.114. The summed E-state index contributed by atoms with van der Waals surface area (Å²) in [5.41, 5.74) is 6.73. The molecule has 0 radical (unpaired) electrons. The van der Waals surface area contributed by atoms with E-state index in [4.69, 9.17) is 5.73 Å². The van der Waals surface area contributed by atoms with Gasteiger partial charge in [0.05, 0.1) is 22.8 Å². The van der Waals surface area contributed by atoms with E-state index < -0.39 is 10.0 Å². The zero-order valence-electron chi connectivity index (χ0n) is 15.7. The Morgan fingerprint density at radius 1 is 1.19 bits per heavy atom. The number of sulfonamides is 1. The van der Waals surface area contributed by atoms with Crippen molar-refractivity contribution in [2.75, 3.05) is 63.1 Å². The fourth-order valence-electron chi connectivity index (χ4n) is 3.01. The van der Waals surface area contributed by atoms with Crippen molar-refractivity contribution in [3.63, 3.8) is 0 Å². The highest BCUT2D eigenvalue weighted by Crippen LogP contribution is 2.31. The van der Waals surface area contributed by atoms with E-state index in [2.05, 4.69) is 22.2 Å². The number of nitrogens with one attached hydrogen (secondary N) is 1. The van der Waals surface area contributed by atoms with Crippen LogP contribution in [0.5, 0.6) is 0 Å². The smallest absolute Gasteiger partial charge is 0.243 e. The van der Waals surface area contributed by atoms with Gasteiger partial charge in [-0.15, -0.1) is 0 Å². The number of nitrogens with zero attached hydrogens (tertiary/aromatic N) is 3. The van der Waals surface area contributed by atoms with Crippen LogP contribution in [-0.4, -0.2) is 76.4 Å². The molecule has 1 fully saturated rings. The number of benzene rings is 1. The first-order chi connectivity index (χ1) is 12.3. The summed E-state index contributed by atoms with van der Waals surface area (Å²) in [5, 5.41) is 2.75. The van der Waals surface area contributed by atoms with Crippen molar-refractivity contribution < 1.29 is 13.2 Å². The van der Waals surface area contributed by atoms with Crippen LogP contribution >= 0.6 is 0 Å². The number of anilines is 2. The molecule has 1 heterocycles. The molecule has 3 N–H and O–H groups in total. The second-order valence-electron chi connectivity index (χ2n) is 6.31. The maximum atomic E-state index is 12.8. The van der Waals surface area contributed by atoms with Crippen molar-refractivity contribution in [2.45, 2.75) is 18.7 Å². The molecule has 1 aromatic rings. The van der Waals surface area contributed by atoms with E-state index in [-0.39, 0.29) is 17.3 Å². The quantitative estimate of drug-likeness (QED) is 0.706. The first kappa shape index (κ1) is 20.6. The molecule has 8 nitrogen and oxygen atoms in total. The number of amides is 1. The molecular weight excluding hydrogens is 354 g/mol. The maximum absolute atomic E-state index is 12.8. The second kappa shape index (κ2) is 8.81. The average Bonchev–Trinajstić information content (AvgIpc) is 2.63. The lowest BCUT2D eigenvalue weighted by atomic mass is 10.2. The molecule has 1 aliphatic rings. The molecule has 2 rings (SSSR count). The summed E-state index contributed by atoms with van der Waals surface area (Å²) in [6.45, 7) is 7.66. The van der Waals surface area contributed by atoms with Crippen molar-refractivity contribution >= 4 is 27.3 Å². The summed E-state index contributed by atoms with van der Waals surface area (Å²) >= 11 is 0. The molecular formula is C17H29N5O3S. The van der Waals surface area contributed by atoms with Crippen molar-refractivity contribution in [1.29, 1.82) is 0 Å². The van der Waals surface area contributed by atoms with Gasteiger partial charge in [-0.25, -0.2) is 8.42 Å². The lowest BCUT2D eigenvalue weighted by Crippen LogP contribution is -2.44. The standard InChI is InChI=1S/C17H29N5O3S/c1-4-22(5-2)26(24,25)14-6-7-16(15(12-14)19-17(23)13-18)21-10-8-20(3)9-11-21/h6-7,12H,4-5,8-11,13,18H2,1-3H3,(H,19,23). The Hall–Kier alpha value is -1.68. The van der Waals surface area contributed by atoms with Crippen LogP contribution in [-0.2, 0) is 14.8 Å². The zero-order chi connectivity index (χ0) is 19.3. The fraction of sp³-hybridized carbons (Fsp3) is 0.588. The Labute approximate surface area is 156 Å². The van der Waals surface area contributed by atoms with Crippen LogP contribution in [0.4, 0.5) is 11.4 Å². The SMILES string of the molecule is CCN(CC)S(=O)(=O)c1ccc(N2CCN(C)CC2)c(NC(=O)CN)c1. The van der Waals surface area contributed by atoms with E-state index in [1.54, 1.807) is 26.0 Å². The summed E-state index contributed by atoms with van der Waals surface area (Å²) in [6.07, 6.45) is 0. The Morgan fingerprint density at radius 2 is 1.81 bits per heavy atom. The average molecular weight is 384 g/mol. The Balaban J connectivity index is 2.42. The first-order valence-corrected chi connectivity index (χ1v) is 10.3. The monoisotopic (exact) mass is 383 g/mol. The van der Waals surface area contributed by atoms with Crippen LogP contribution in [0, 0.1) is 0 Å². The highest BCUT2D eigenvalue weighted by atomic mass is 32.2. The Kier molecular flexibility index (Phi) is 6.99. The summed E-state index contributed by atoms with van der Waals surface area (Å²) in [6, 6.07) is 4.92. The zero-order valence-corrected chi connectivity index (χ0v) is 16.6. The van der Waals surface area contributed by atoms with Crippen LogP contribution in [0.25, 0.3) is 0 Å². The number of carbonyl (C=O) groups is 1. The van der Waals surface area contributed by atoms with Crippen molar-refractivity contribution in [3.05, 3.63) is 18.2 Å². The predicted molar refractivity (Wildman–Crippen MR) is 104 cm³/mol. The van der Waals surface area contributed by atoms with Crippen LogP contribution < -0.4 is 16.0 Å². The van der Waals surface area contributed by atoms with Crippen molar-refractivity contribution in [2.24, 2.45) is 5.73 Å². The molecule has 1 aliphatic heterocycles. The third kappa shape index (κ3) is 4.53. The van der Waals surface area contributed by atoms with Crippen LogP contribution in [0.2, 0.25) is 0 Å². The Morgan fingerprint density at radius 3 is 2.35 bits per heavy atom. The van der Waals surface area contributed by atoms with E-state index in [0.29, 0.717) is 18.8 Å². The molecule has 0 atom stereocenters. The topological polar surface area (TPSA) is 99.0 Å². The Bertz CT molecular complexity index is 726. The summed E-state index contributed by atoms with van der Waals surface area (Å²) in [5.74, 6) is -0.349. The molecule has 0 aliphatic carbocycles. The van der Waals surface area contributed by atoms with E-state index in [0.717, 1.165) is 31.9 Å².